The van der Waals surface area contributed by atoms with E-state index >= 15 is 0 Å². The predicted molar refractivity (Wildman–Crippen MR) is 87.6 cm³/mol. The Kier molecular flexibility index (Phi) is 5.00. The molecule has 1 aliphatic carbocycles. The van der Waals surface area contributed by atoms with E-state index in [9.17, 15) is 9.18 Å². The van der Waals surface area contributed by atoms with E-state index in [0.717, 1.165) is 44.5 Å². The van der Waals surface area contributed by atoms with E-state index in [2.05, 4.69) is 13.8 Å². The summed E-state index contributed by atoms with van der Waals surface area (Å²) in [5, 5.41) is 0. The molecule has 0 spiro atoms. The first-order chi connectivity index (χ1) is 11.0. The van der Waals surface area contributed by atoms with Gasteiger partial charge in [-0.15, -0.1) is 0 Å². The Labute approximate surface area is 137 Å². The predicted octanol–water partition coefficient (Wildman–Crippen LogP) is 3.59. The van der Waals surface area contributed by atoms with Crippen LogP contribution in [0.1, 0.15) is 44.6 Å². The van der Waals surface area contributed by atoms with Gasteiger partial charge in [-0.2, -0.15) is 0 Å². The van der Waals surface area contributed by atoms with Crippen LogP contribution >= 0.6 is 0 Å². The van der Waals surface area contributed by atoms with E-state index in [1.807, 2.05) is 4.90 Å². The van der Waals surface area contributed by atoms with Gasteiger partial charge in [-0.3, -0.25) is 4.79 Å². The third-order valence-corrected chi connectivity index (χ3v) is 4.82. The highest BCUT2D eigenvalue weighted by Gasteiger charge is 2.46. The summed E-state index contributed by atoms with van der Waals surface area (Å²) in [6.07, 6.45) is 3.07. The maximum atomic E-state index is 13.0. The lowest BCUT2D eigenvalue weighted by Gasteiger charge is -2.32. The van der Waals surface area contributed by atoms with Crippen molar-refractivity contribution in [3.05, 3.63) is 35.6 Å². The first-order valence-corrected chi connectivity index (χ1v) is 8.70. The van der Waals surface area contributed by atoms with E-state index in [0.29, 0.717) is 12.0 Å². The summed E-state index contributed by atoms with van der Waals surface area (Å²) in [7, 11) is 0. The zero-order valence-electron chi connectivity index (χ0n) is 14.0. The van der Waals surface area contributed by atoms with Gasteiger partial charge in [0.15, 0.2) is 0 Å². The van der Waals surface area contributed by atoms with Gasteiger partial charge in [0.2, 0.25) is 5.91 Å². The topological polar surface area (TPSA) is 29.5 Å². The molecule has 2 fully saturated rings. The molecule has 3 rings (SSSR count). The van der Waals surface area contributed by atoms with E-state index in [-0.39, 0.29) is 23.6 Å². The first-order valence-electron chi connectivity index (χ1n) is 8.70. The minimum absolute atomic E-state index is 0.0913. The summed E-state index contributed by atoms with van der Waals surface area (Å²) >= 11 is 0. The molecule has 2 atom stereocenters. The third kappa shape index (κ3) is 4.11. The lowest BCUT2D eigenvalue weighted by molar-refractivity contribution is -0.135. The van der Waals surface area contributed by atoms with Gasteiger partial charge in [0.05, 0.1) is 6.10 Å². The van der Waals surface area contributed by atoms with Gasteiger partial charge >= 0.3 is 0 Å². The smallest absolute Gasteiger partial charge is 0.226 e. The van der Waals surface area contributed by atoms with Gasteiger partial charge in [-0.1, -0.05) is 26.0 Å². The zero-order valence-corrected chi connectivity index (χ0v) is 14.0. The van der Waals surface area contributed by atoms with Crippen molar-refractivity contribution in [2.24, 2.45) is 11.8 Å². The Morgan fingerprint density at radius 3 is 2.52 bits per heavy atom. The van der Waals surface area contributed by atoms with E-state index in [1.54, 1.807) is 12.1 Å². The average Bonchev–Trinajstić information content (AvgIpc) is 3.34. The number of nitrogens with zero attached hydrogens (tertiary/aromatic N) is 1. The van der Waals surface area contributed by atoms with Crippen molar-refractivity contribution in [1.29, 1.82) is 0 Å². The molecule has 0 bridgehead atoms. The van der Waals surface area contributed by atoms with Crippen LogP contribution in [0.5, 0.6) is 0 Å². The average molecular weight is 319 g/mol. The van der Waals surface area contributed by atoms with E-state index in [1.165, 1.54) is 12.1 Å². The molecule has 0 aromatic heterocycles. The molecule has 0 N–H and O–H groups in total. The molecule has 1 aliphatic heterocycles. The third-order valence-electron chi connectivity index (χ3n) is 4.82. The molecular weight excluding hydrogens is 293 g/mol. The number of hydrogen-bond donors (Lipinski definition) is 0. The van der Waals surface area contributed by atoms with Gasteiger partial charge in [0.25, 0.3) is 0 Å². The second kappa shape index (κ2) is 7.00. The SMILES string of the molecule is CC(C)COC1CCN(C(=O)C2CC2c2ccc(F)cc2)CC1. The number of ether oxygens (including phenoxy) is 1. The molecular formula is C19H26FNO2. The van der Waals surface area contributed by atoms with Gasteiger partial charge in [-0.05, 0) is 48.8 Å². The largest absolute Gasteiger partial charge is 0.378 e. The number of amides is 1. The molecule has 1 amide bonds. The molecule has 1 saturated carbocycles. The molecule has 23 heavy (non-hydrogen) atoms. The summed E-state index contributed by atoms with van der Waals surface area (Å²) < 4.78 is 18.9. The first kappa shape index (κ1) is 16.4. The minimum atomic E-state index is -0.222. The molecule has 1 heterocycles. The number of hydrogen-bond acceptors (Lipinski definition) is 2. The number of carbonyl (C=O) groups is 1. The van der Waals surface area contributed by atoms with Crippen molar-refractivity contribution in [2.75, 3.05) is 19.7 Å². The Balaban J connectivity index is 1.46. The normalized spacial score (nSPS) is 25.0. The maximum absolute atomic E-state index is 13.0. The second-order valence-electron chi connectivity index (χ2n) is 7.25. The lowest BCUT2D eigenvalue weighted by atomic mass is 10.1. The molecule has 4 heteroatoms. The molecule has 1 aromatic carbocycles. The number of rotatable bonds is 5. The summed E-state index contributed by atoms with van der Waals surface area (Å²) in [4.78, 5) is 14.6. The maximum Gasteiger partial charge on any atom is 0.226 e. The Hall–Kier alpha value is -1.42. The van der Waals surface area contributed by atoms with Crippen LogP contribution in [0.25, 0.3) is 0 Å². The molecule has 0 radical (unpaired) electrons. The zero-order chi connectivity index (χ0) is 16.4. The fraction of sp³-hybridized carbons (Fsp3) is 0.632. The van der Waals surface area contributed by atoms with Crippen LogP contribution in [0.15, 0.2) is 24.3 Å². The van der Waals surface area contributed by atoms with E-state index in [4.69, 9.17) is 4.74 Å². The number of halogens is 1. The molecule has 2 aliphatic rings. The lowest BCUT2D eigenvalue weighted by Crippen LogP contribution is -2.42. The molecule has 1 saturated heterocycles. The Bertz CT molecular complexity index is 535. The van der Waals surface area contributed by atoms with Gasteiger partial charge in [0, 0.05) is 25.6 Å². The van der Waals surface area contributed by atoms with Gasteiger partial charge in [0.1, 0.15) is 5.82 Å². The van der Waals surface area contributed by atoms with Crippen LogP contribution in [0.2, 0.25) is 0 Å². The van der Waals surface area contributed by atoms with Crippen molar-refractivity contribution >= 4 is 5.91 Å². The van der Waals surface area contributed by atoms with Crippen LogP contribution < -0.4 is 0 Å². The highest BCUT2D eigenvalue weighted by atomic mass is 19.1. The fourth-order valence-electron chi connectivity index (χ4n) is 3.35. The van der Waals surface area contributed by atoms with Crippen LogP contribution in [-0.4, -0.2) is 36.6 Å². The summed E-state index contributed by atoms with van der Waals surface area (Å²) in [5.74, 6) is 0.964. The quantitative estimate of drug-likeness (QED) is 0.830. The second-order valence-corrected chi connectivity index (χ2v) is 7.25. The van der Waals surface area contributed by atoms with Crippen molar-refractivity contribution in [2.45, 2.75) is 45.1 Å². The standard InChI is InChI=1S/C19H26FNO2/c1-13(2)12-23-16-7-9-21(10-8-16)19(22)18-11-17(18)14-3-5-15(20)6-4-14/h3-6,13,16-18H,7-12H2,1-2H3. The number of benzene rings is 1. The van der Waals surface area contributed by atoms with Gasteiger partial charge in [-0.25, -0.2) is 4.39 Å². The van der Waals surface area contributed by atoms with Crippen molar-refractivity contribution in [3.63, 3.8) is 0 Å². The number of likely N-dealkylation sites (tertiary alicyclic amines) is 1. The monoisotopic (exact) mass is 319 g/mol. The highest BCUT2D eigenvalue weighted by Crippen LogP contribution is 2.48. The fourth-order valence-corrected chi connectivity index (χ4v) is 3.35. The van der Waals surface area contributed by atoms with Crippen LogP contribution in [0.3, 0.4) is 0 Å². The van der Waals surface area contributed by atoms with Gasteiger partial charge < -0.3 is 9.64 Å². The summed E-state index contributed by atoms with van der Waals surface area (Å²) in [6, 6.07) is 6.57. The van der Waals surface area contributed by atoms with Crippen LogP contribution in [0.4, 0.5) is 4.39 Å². The molecule has 126 valence electrons. The highest BCUT2D eigenvalue weighted by molar-refractivity contribution is 5.83. The number of carbonyl (C=O) groups excluding carboxylic acids is 1. The van der Waals surface area contributed by atoms with Crippen molar-refractivity contribution < 1.29 is 13.9 Å². The van der Waals surface area contributed by atoms with Crippen molar-refractivity contribution in [3.8, 4) is 0 Å². The van der Waals surface area contributed by atoms with Crippen molar-refractivity contribution in [1.82, 2.24) is 4.90 Å². The number of piperidine rings is 1. The van der Waals surface area contributed by atoms with Crippen LogP contribution in [0, 0.1) is 17.7 Å². The molecule has 1 aromatic rings. The molecule has 3 nitrogen and oxygen atoms in total. The van der Waals surface area contributed by atoms with E-state index < -0.39 is 0 Å². The minimum Gasteiger partial charge on any atom is -0.378 e. The Morgan fingerprint density at radius 2 is 1.91 bits per heavy atom. The van der Waals surface area contributed by atoms with Crippen LogP contribution in [-0.2, 0) is 9.53 Å². The summed E-state index contributed by atoms with van der Waals surface area (Å²) in [5.41, 5.74) is 1.08. The molecule has 2 unspecified atom stereocenters. The summed E-state index contributed by atoms with van der Waals surface area (Å²) in [6.45, 7) is 6.71. The Morgan fingerprint density at radius 1 is 1.26 bits per heavy atom.